The highest BCUT2D eigenvalue weighted by Crippen LogP contribution is 2.16. The Hall–Kier alpha value is -2.43. The van der Waals surface area contributed by atoms with Crippen LogP contribution in [0, 0.1) is 11.6 Å². The monoisotopic (exact) mass is 261 g/mol. The van der Waals surface area contributed by atoms with Crippen LogP contribution in [0.5, 0.6) is 0 Å². The molecule has 1 heterocycles. The van der Waals surface area contributed by atoms with E-state index in [0.29, 0.717) is 11.1 Å². The standard InChI is InChI=1S/C14H9F2NO2/c15-10-5-6-12-13(7-10)19-14(18)17(12)8-9-3-1-2-4-11(9)16/h1-7H,8H2. The number of halogens is 2. The van der Waals surface area contributed by atoms with Gasteiger partial charge in [0.05, 0.1) is 12.1 Å². The van der Waals surface area contributed by atoms with Gasteiger partial charge in [0.1, 0.15) is 11.6 Å². The normalized spacial score (nSPS) is 11.1. The summed E-state index contributed by atoms with van der Waals surface area (Å²) in [6.45, 7) is 0.0458. The molecule has 0 aliphatic heterocycles. The molecule has 3 nitrogen and oxygen atoms in total. The fourth-order valence-electron chi connectivity index (χ4n) is 1.99. The molecular weight excluding hydrogens is 252 g/mol. The SMILES string of the molecule is O=c1oc2cc(F)ccc2n1Cc1ccccc1F. The van der Waals surface area contributed by atoms with Crippen molar-refractivity contribution in [2.75, 3.05) is 0 Å². The van der Waals surface area contributed by atoms with E-state index >= 15 is 0 Å². The highest BCUT2D eigenvalue weighted by atomic mass is 19.1. The Balaban J connectivity index is 2.13. The molecule has 5 heteroatoms. The number of hydrogen-bond donors (Lipinski definition) is 0. The third-order valence-electron chi connectivity index (χ3n) is 2.92. The van der Waals surface area contributed by atoms with Gasteiger partial charge in [-0.1, -0.05) is 18.2 Å². The van der Waals surface area contributed by atoms with E-state index in [1.54, 1.807) is 18.2 Å². The van der Waals surface area contributed by atoms with Crippen molar-refractivity contribution in [1.82, 2.24) is 4.57 Å². The minimum absolute atomic E-state index is 0.0458. The summed E-state index contributed by atoms with van der Waals surface area (Å²) >= 11 is 0. The Labute approximate surface area is 106 Å². The van der Waals surface area contributed by atoms with Gasteiger partial charge in [-0.3, -0.25) is 4.57 Å². The lowest BCUT2D eigenvalue weighted by molar-refractivity contribution is 0.510. The van der Waals surface area contributed by atoms with Gasteiger partial charge in [-0.15, -0.1) is 0 Å². The molecule has 0 saturated heterocycles. The molecule has 0 radical (unpaired) electrons. The van der Waals surface area contributed by atoms with E-state index in [2.05, 4.69) is 0 Å². The van der Waals surface area contributed by atoms with E-state index in [-0.39, 0.29) is 12.1 Å². The molecule has 2 aromatic carbocycles. The summed E-state index contributed by atoms with van der Waals surface area (Å²) in [4.78, 5) is 11.7. The first-order valence-electron chi connectivity index (χ1n) is 5.67. The Morgan fingerprint density at radius 2 is 1.89 bits per heavy atom. The average Bonchev–Trinajstić information content (AvgIpc) is 2.68. The summed E-state index contributed by atoms with van der Waals surface area (Å²) in [6.07, 6.45) is 0. The molecule has 3 rings (SSSR count). The molecule has 0 aliphatic carbocycles. The topological polar surface area (TPSA) is 35.1 Å². The van der Waals surface area contributed by atoms with Crippen LogP contribution in [0.3, 0.4) is 0 Å². The van der Waals surface area contributed by atoms with Crippen molar-refractivity contribution in [3.8, 4) is 0 Å². The summed E-state index contributed by atoms with van der Waals surface area (Å²) in [6, 6.07) is 9.97. The highest BCUT2D eigenvalue weighted by molar-refractivity contribution is 5.72. The van der Waals surface area contributed by atoms with Crippen molar-refractivity contribution in [1.29, 1.82) is 0 Å². The van der Waals surface area contributed by atoms with Gasteiger partial charge in [0.25, 0.3) is 0 Å². The van der Waals surface area contributed by atoms with E-state index in [1.165, 1.54) is 22.8 Å². The number of benzene rings is 2. The van der Waals surface area contributed by atoms with Crippen molar-refractivity contribution in [3.63, 3.8) is 0 Å². The molecule has 0 atom stereocenters. The zero-order valence-electron chi connectivity index (χ0n) is 9.77. The van der Waals surface area contributed by atoms with Crippen LogP contribution in [0.4, 0.5) is 8.78 Å². The van der Waals surface area contributed by atoms with Gasteiger partial charge < -0.3 is 4.42 Å². The first-order valence-corrected chi connectivity index (χ1v) is 5.67. The maximum absolute atomic E-state index is 13.6. The van der Waals surface area contributed by atoms with Crippen LogP contribution in [-0.4, -0.2) is 4.57 Å². The Morgan fingerprint density at radius 3 is 2.68 bits per heavy atom. The third kappa shape index (κ3) is 2.03. The van der Waals surface area contributed by atoms with Crippen molar-refractivity contribution in [2.24, 2.45) is 0 Å². The van der Waals surface area contributed by atoms with Crippen LogP contribution in [0.25, 0.3) is 11.1 Å². The van der Waals surface area contributed by atoms with Gasteiger partial charge in [0.15, 0.2) is 5.58 Å². The predicted octanol–water partition coefficient (Wildman–Crippen LogP) is 2.92. The van der Waals surface area contributed by atoms with Crippen molar-refractivity contribution in [3.05, 3.63) is 70.2 Å². The van der Waals surface area contributed by atoms with Crippen molar-refractivity contribution < 1.29 is 13.2 Å². The number of nitrogens with zero attached hydrogens (tertiary/aromatic N) is 1. The Morgan fingerprint density at radius 1 is 1.11 bits per heavy atom. The first kappa shape index (κ1) is 11.6. The molecule has 0 N–H and O–H groups in total. The van der Waals surface area contributed by atoms with Crippen LogP contribution < -0.4 is 5.76 Å². The molecule has 0 fully saturated rings. The average molecular weight is 261 g/mol. The third-order valence-corrected chi connectivity index (χ3v) is 2.92. The second-order valence-electron chi connectivity index (χ2n) is 4.16. The number of rotatable bonds is 2. The molecule has 0 bridgehead atoms. The summed E-state index contributed by atoms with van der Waals surface area (Å²) in [7, 11) is 0. The van der Waals surface area contributed by atoms with Gasteiger partial charge in [-0.25, -0.2) is 13.6 Å². The molecule has 0 amide bonds. The summed E-state index contributed by atoms with van der Waals surface area (Å²) in [5.41, 5.74) is 0.965. The van der Waals surface area contributed by atoms with Gasteiger partial charge in [-0.05, 0) is 18.2 Å². The van der Waals surface area contributed by atoms with Gasteiger partial charge in [-0.2, -0.15) is 0 Å². The Bertz CT molecular complexity index is 805. The lowest BCUT2D eigenvalue weighted by Crippen LogP contribution is -2.15. The second kappa shape index (κ2) is 4.35. The molecular formula is C14H9F2NO2. The highest BCUT2D eigenvalue weighted by Gasteiger charge is 2.11. The molecule has 3 aromatic rings. The summed E-state index contributed by atoms with van der Waals surface area (Å²) in [5.74, 6) is -1.52. The van der Waals surface area contributed by atoms with Gasteiger partial charge in [0, 0.05) is 11.6 Å². The predicted molar refractivity (Wildman–Crippen MR) is 65.9 cm³/mol. The van der Waals surface area contributed by atoms with E-state index < -0.39 is 17.4 Å². The lowest BCUT2D eigenvalue weighted by atomic mass is 10.2. The smallest absolute Gasteiger partial charge is 0.408 e. The maximum atomic E-state index is 13.6. The zero-order valence-corrected chi connectivity index (χ0v) is 9.77. The molecule has 19 heavy (non-hydrogen) atoms. The number of oxazole rings is 1. The van der Waals surface area contributed by atoms with Crippen LogP contribution in [0.1, 0.15) is 5.56 Å². The number of hydrogen-bond acceptors (Lipinski definition) is 2. The summed E-state index contributed by atoms with van der Waals surface area (Å²) < 4.78 is 32.8. The van der Waals surface area contributed by atoms with E-state index in [0.717, 1.165) is 6.07 Å². The van der Waals surface area contributed by atoms with Crippen molar-refractivity contribution in [2.45, 2.75) is 6.54 Å². The van der Waals surface area contributed by atoms with Gasteiger partial charge >= 0.3 is 5.76 Å². The second-order valence-corrected chi connectivity index (χ2v) is 4.16. The van der Waals surface area contributed by atoms with Crippen LogP contribution in [0.15, 0.2) is 51.7 Å². The fraction of sp³-hybridized carbons (Fsp3) is 0.0714. The number of aromatic nitrogens is 1. The summed E-state index contributed by atoms with van der Waals surface area (Å²) in [5, 5.41) is 0. The van der Waals surface area contributed by atoms with E-state index in [4.69, 9.17) is 4.42 Å². The molecule has 1 aromatic heterocycles. The molecule has 0 saturated carbocycles. The fourth-order valence-corrected chi connectivity index (χ4v) is 1.99. The quantitative estimate of drug-likeness (QED) is 0.711. The van der Waals surface area contributed by atoms with Gasteiger partial charge in [0.2, 0.25) is 0 Å². The molecule has 0 spiro atoms. The van der Waals surface area contributed by atoms with Crippen LogP contribution in [-0.2, 0) is 6.54 Å². The largest absolute Gasteiger partial charge is 0.420 e. The van der Waals surface area contributed by atoms with E-state index in [1.807, 2.05) is 0 Å². The Kier molecular flexibility index (Phi) is 2.67. The minimum Gasteiger partial charge on any atom is -0.408 e. The minimum atomic E-state index is -0.635. The first-order chi connectivity index (χ1) is 9.15. The van der Waals surface area contributed by atoms with Crippen molar-refractivity contribution >= 4 is 11.1 Å². The number of fused-ring (bicyclic) bond motifs is 1. The van der Waals surface area contributed by atoms with E-state index in [9.17, 15) is 13.6 Å². The molecule has 0 aliphatic rings. The van der Waals surface area contributed by atoms with Crippen LogP contribution in [0.2, 0.25) is 0 Å². The zero-order chi connectivity index (χ0) is 13.4. The molecule has 96 valence electrons. The lowest BCUT2D eigenvalue weighted by Gasteiger charge is -2.03. The van der Waals surface area contributed by atoms with Crippen LogP contribution >= 0.6 is 0 Å². The maximum Gasteiger partial charge on any atom is 0.420 e. The molecule has 0 unspecified atom stereocenters.